The molecule has 3 aromatic rings. The summed E-state index contributed by atoms with van der Waals surface area (Å²) in [5, 5.41) is 5.54. The number of halogens is 1. The molecule has 0 aliphatic heterocycles. The van der Waals surface area contributed by atoms with Crippen LogP contribution in [0, 0.1) is 13.8 Å². The first-order valence-corrected chi connectivity index (χ1v) is 9.79. The first-order valence-electron chi connectivity index (χ1n) is 9.41. The maximum absolute atomic E-state index is 12.6. The summed E-state index contributed by atoms with van der Waals surface area (Å²) in [5.41, 5.74) is 3.71. The van der Waals surface area contributed by atoms with E-state index < -0.39 is 11.9 Å². The van der Waals surface area contributed by atoms with Gasteiger partial charge in [0, 0.05) is 16.3 Å². The second-order valence-corrected chi connectivity index (χ2v) is 7.17. The minimum atomic E-state index is -0.719. The Morgan fingerprint density at radius 3 is 2.13 bits per heavy atom. The molecular formula is C23H22ClN3O4. The molecule has 0 aliphatic rings. The topological polar surface area (TPSA) is 89.5 Å². The fourth-order valence-corrected chi connectivity index (χ4v) is 3.46. The number of carbonyl (C=O) groups excluding carboxylic acids is 2. The molecule has 0 spiro atoms. The minimum Gasteiger partial charge on any atom is -0.496 e. The molecule has 160 valence electrons. The standard InChI is InChI=1S/C23H22ClN3O4/c1-13-12-19(25-14(2)20(13)15-8-10-16(24)11-9-15)26-23(29)27-22(28)21-17(30-3)6-5-7-18(21)31-4/h5-12H,1-4H3,(H2,25,26,27,28,29). The van der Waals surface area contributed by atoms with Crippen molar-refractivity contribution in [1.29, 1.82) is 0 Å². The van der Waals surface area contributed by atoms with E-state index in [0.717, 1.165) is 22.4 Å². The van der Waals surface area contributed by atoms with Gasteiger partial charge in [0.05, 0.1) is 14.2 Å². The molecule has 0 bridgehead atoms. The average molecular weight is 440 g/mol. The van der Waals surface area contributed by atoms with Gasteiger partial charge in [0.25, 0.3) is 5.91 Å². The van der Waals surface area contributed by atoms with Crippen molar-refractivity contribution in [2.24, 2.45) is 0 Å². The lowest BCUT2D eigenvalue weighted by Crippen LogP contribution is -2.35. The average Bonchev–Trinajstić information content (AvgIpc) is 2.73. The number of anilines is 1. The second-order valence-electron chi connectivity index (χ2n) is 6.74. The van der Waals surface area contributed by atoms with Gasteiger partial charge in [-0.1, -0.05) is 29.8 Å². The Hall–Kier alpha value is -3.58. The first-order chi connectivity index (χ1) is 14.8. The molecule has 1 heterocycles. The van der Waals surface area contributed by atoms with Crippen molar-refractivity contribution in [2.75, 3.05) is 19.5 Å². The van der Waals surface area contributed by atoms with Crippen molar-refractivity contribution in [3.05, 3.63) is 70.4 Å². The van der Waals surface area contributed by atoms with Crippen LogP contribution in [0.3, 0.4) is 0 Å². The predicted octanol–water partition coefficient (Wildman–Crippen LogP) is 5.00. The van der Waals surface area contributed by atoms with Gasteiger partial charge < -0.3 is 9.47 Å². The Balaban J connectivity index is 1.79. The lowest BCUT2D eigenvalue weighted by molar-refractivity contribution is 0.0961. The van der Waals surface area contributed by atoms with Gasteiger partial charge in [0.1, 0.15) is 22.9 Å². The number of hydrogen-bond donors (Lipinski definition) is 2. The van der Waals surface area contributed by atoms with E-state index in [1.165, 1.54) is 14.2 Å². The number of ether oxygens (including phenoxy) is 2. The van der Waals surface area contributed by atoms with Crippen molar-refractivity contribution in [3.8, 4) is 22.6 Å². The zero-order valence-corrected chi connectivity index (χ0v) is 18.3. The highest BCUT2D eigenvalue weighted by molar-refractivity contribution is 6.30. The number of benzene rings is 2. The summed E-state index contributed by atoms with van der Waals surface area (Å²) in [7, 11) is 2.87. The summed E-state index contributed by atoms with van der Waals surface area (Å²) in [6.07, 6.45) is 0. The van der Waals surface area contributed by atoms with Crippen LogP contribution < -0.4 is 20.1 Å². The quantitative estimate of drug-likeness (QED) is 0.584. The van der Waals surface area contributed by atoms with E-state index in [9.17, 15) is 9.59 Å². The van der Waals surface area contributed by atoms with Crippen molar-refractivity contribution < 1.29 is 19.1 Å². The zero-order chi connectivity index (χ0) is 22.5. The number of carbonyl (C=O) groups is 2. The third-order valence-corrected chi connectivity index (χ3v) is 4.91. The summed E-state index contributed by atoms with van der Waals surface area (Å²) >= 11 is 5.97. The van der Waals surface area contributed by atoms with Crippen LogP contribution in [-0.4, -0.2) is 31.1 Å². The SMILES string of the molecule is COc1cccc(OC)c1C(=O)NC(=O)Nc1cc(C)c(-c2ccc(Cl)cc2)c(C)n1. The third-order valence-electron chi connectivity index (χ3n) is 4.65. The van der Waals surface area contributed by atoms with Gasteiger partial charge in [-0.25, -0.2) is 9.78 Å². The van der Waals surface area contributed by atoms with E-state index in [1.54, 1.807) is 24.3 Å². The Labute approximate surface area is 185 Å². The molecule has 2 aromatic carbocycles. The highest BCUT2D eigenvalue weighted by Crippen LogP contribution is 2.30. The molecule has 8 heteroatoms. The van der Waals surface area contributed by atoms with E-state index >= 15 is 0 Å². The molecule has 3 rings (SSSR count). The molecule has 7 nitrogen and oxygen atoms in total. The largest absolute Gasteiger partial charge is 0.496 e. The summed E-state index contributed by atoms with van der Waals surface area (Å²) in [6, 6.07) is 13.4. The van der Waals surface area contributed by atoms with Crippen molar-refractivity contribution in [1.82, 2.24) is 10.3 Å². The lowest BCUT2D eigenvalue weighted by Gasteiger charge is -2.14. The predicted molar refractivity (Wildman–Crippen MR) is 120 cm³/mol. The van der Waals surface area contributed by atoms with Gasteiger partial charge in [0.2, 0.25) is 0 Å². The molecule has 2 N–H and O–H groups in total. The molecule has 1 aromatic heterocycles. The monoisotopic (exact) mass is 439 g/mol. The van der Waals surface area contributed by atoms with Crippen molar-refractivity contribution in [2.45, 2.75) is 13.8 Å². The number of hydrogen-bond acceptors (Lipinski definition) is 5. The van der Waals surface area contributed by atoms with E-state index in [-0.39, 0.29) is 5.56 Å². The van der Waals surface area contributed by atoms with E-state index in [0.29, 0.717) is 22.3 Å². The number of urea groups is 1. The Morgan fingerprint density at radius 2 is 1.58 bits per heavy atom. The molecule has 0 atom stereocenters. The number of aromatic nitrogens is 1. The lowest BCUT2D eigenvalue weighted by atomic mass is 9.99. The third kappa shape index (κ3) is 4.95. The minimum absolute atomic E-state index is 0.126. The number of nitrogens with one attached hydrogen (secondary N) is 2. The number of rotatable bonds is 5. The summed E-state index contributed by atoms with van der Waals surface area (Å²) in [4.78, 5) is 29.5. The van der Waals surface area contributed by atoms with Crippen LogP contribution in [0.15, 0.2) is 48.5 Å². The smallest absolute Gasteiger partial charge is 0.327 e. The summed E-state index contributed by atoms with van der Waals surface area (Å²) in [5.74, 6) is 0.256. The molecule has 31 heavy (non-hydrogen) atoms. The van der Waals surface area contributed by atoms with Crippen molar-refractivity contribution in [3.63, 3.8) is 0 Å². The normalized spacial score (nSPS) is 10.4. The van der Waals surface area contributed by atoms with Gasteiger partial charge in [-0.15, -0.1) is 0 Å². The van der Waals surface area contributed by atoms with Gasteiger partial charge in [0.15, 0.2) is 0 Å². The van der Waals surface area contributed by atoms with Gasteiger partial charge in [-0.05, 0) is 55.3 Å². The van der Waals surface area contributed by atoms with E-state index in [2.05, 4.69) is 15.6 Å². The second kappa shape index (κ2) is 9.49. The highest BCUT2D eigenvalue weighted by atomic mass is 35.5. The molecule has 0 unspecified atom stereocenters. The zero-order valence-electron chi connectivity index (χ0n) is 17.6. The fraction of sp³-hybridized carbons (Fsp3) is 0.174. The number of pyridine rings is 1. The number of imide groups is 1. The van der Waals surface area contributed by atoms with Crippen LogP contribution in [0.25, 0.3) is 11.1 Å². The maximum Gasteiger partial charge on any atom is 0.327 e. The van der Waals surface area contributed by atoms with E-state index in [1.807, 2.05) is 38.1 Å². The summed E-state index contributed by atoms with van der Waals surface area (Å²) in [6.45, 7) is 3.78. The van der Waals surface area contributed by atoms with Gasteiger partial charge in [-0.2, -0.15) is 0 Å². The van der Waals surface area contributed by atoms with Crippen molar-refractivity contribution >= 4 is 29.4 Å². The van der Waals surface area contributed by atoms with Crippen LogP contribution in [0.4, 0.5) is 10.6 Å². The van der Waals surface area contributed by atoms with Gasteiger partial charge in [-0.3, -0.25) is 15.4 Å². The van der Waals surface area contributed by atoms with Crippen LogP contribution >= 0.6 is 11.6 Å². The molecule has 0 saturated heterocycles. The molecular weight excluding hydrogens is 418 g/mol. The maximum atomic E-state index is 12.6. The molecule has 0 fully saturated rings. The van der Waals surface area contributed by atoms with Gasteiger partial charge >= 0.3 is 6.03 Å². The molecule has 0 radical (unpaired) electrons. The number of amides is 3. The first kappa shape index (κ1) is 22.1. The molecule has 0 aliphatic carbocycles. The van der Waals surface area contributed by atoms with Crippen LogP contribution in [0.5, 0.6) is 11.5 Å². The summed E-state index contributed by atoms with van der Waals surface area (Å²) < 4.78 is 10.4. The Morgan fingerprint density at radius 1 is 0.968 bits per heavy atom. The highest BCUT2D eigenvalue weighted by Gasteiger charge is 2.20. The molecule has 3 amide bonds. The number of aryl methyl sites for hydroxylation is 2. The number of nitrogens with zero attached hydrogens (tertiary/aromatic N) is 1. The molecule has 0 saturated carbocycles. The van der Waals surface area contributed by atoms with Crippen LogP contribution in [0.1, 0.15) is 21.6 Å². The number of methoxy groups -OCH3 is 2. The van der Waals surface area contributed by atoms with Crippen LogP contribution in [-0.2, 0) is 0 Å². The Bertz CT molecular complexity index is 1080. The van der Waals surface area contributed by atoms with Crippen LogP contribution in [0.2, 0.25) is 5.02 Å². The Kier molecular flexibility index (Phi) is 6.77. The fourth-order valence-electron chi connectivity index (χ4n) is 3.34. The van der Waals surface area contributed by atoms with E-state index in [4.69, 9.17) is 21.1 Å².